The van der Waals surface area contributed by atoms with E-state index in [9.17, 15) is 4.79 Å². The van der Waals surface area contributed by atoms with Gasteiger partial charge >= 0.3 is 0 Å². The number of methoxy groups -OCH3 is 1. The van der Waals surface area contributed by atoms with Crippen molar-refractivity contribution in [3.8, 4) is 0 Å². The molecule has 2 aromatic rings. The number of hydrogen-bond donors (Lipinski definition) is 0. The molecule has 0 unspecified atom stereocenters. The Morgan fingerprint density at radius 3 is 2.58 bits per heavy atom. The molecule has 19 heavy (non-hydrogen) atoms. The molecule has 3 rings (SSSR count). The van der Waals surface area contributed by atoms with E-state index in [0.717, 1.165) is 18.4 Å². The predicted molar refractivity (Wildman–Crippen MR) is 71.1 cm³/mol. The Balaban J connectivity index is 1.87. The van der Waals surface area contributed by atoms with Crippen LogP contribution in [0.5, 0.6) is 0 Å². The summed E-state index contributed by atoms with van der Waals surface area (Å²) in [6, 6.07) is 13.5. The number of ether oxygens (including phenoxy) is 1. The van der Waals surface area contributed by atoms with Gasteiger partial charge in [0.1, 0.15) is 12.4 Å². The molecule has 0 saturated heterocycles. The van der Waals surface area contributed by atoms with Crippen molar-refractivity contribution in [2.75, 3.05) is 7.11 Å². The minimum Gasteiger partial charge on any atom is -0.455 e. The van der Waals surface area contributed by atoms with E-state index < -0.39 is 0 Å². The molecule has 0 N–H and O–H groups in total. The molecule has 0 aliphatic heterocycles. The van der Waals surface area contributed by atoms with Gasteiger partial charge in [-0.05, 0) is 30.5 Å². The van der Waals surface area contributed by atoms with Crippen molar-refractivity contribution in [1.82, 2.24) is 0 Å². The third kappa shape index (κ3) is 2.10. The summed E-state index contributed by atoms with van der Waals surface area (Å²) in [5.74, 6) is 1.21. The van der Waals surface area contributed by atoms with Crippen LogP contribution < -0.4 is 0 Å². The zero-order valence-corrected chi connectivity index (χ0v) is 10.9. The second-order valence-corrected chi connectivity index (χ2v) is 4.98. The van der Waals surface area contributed by atoms with Crippen LogP contribution in [-0.4, -0.2) is 12.9 Å². The van der Waals surface area contributed by atoms with Crippen LogP contribution in [0, 0.1) is 0 Å². The molecule has 0 amide bonds. The van der Waals surface area contributed by atoms with E-state index in [1.807, 2.05) is 30.3 Å². The average molecular weight is 256 g/mol. The molecule has 1 heterocycles. The molecule has 0 atom stereocenters. The Labute approximate surface area is 112 Å². The van der Waals surface area contributed by atoms with Gasteiger partial charge in [0.05, 0.1) is 5.41 Å². The lowest BCUT2D eigenvalue weighted by atomic mass is 9.90. The maximum Gasteiger partial charge on any atom is 0.208 e. The summed E-state index contributed by atoms with van der Waals surface area (Å²) in [7, 11) is 1.61. The van der Waals surface area contributed by atoms with Gasteiger partial charge in [-0.1, -0.05) is 30.3 Å². The molecule has 1 saturated carbocycles. The highest BCUT2D eigenvalue weighted by Gasteiger charge is 2.52. The largest absolute Gasteiger partial charge is 0.455 e. The Bertz CT molecular complexity index is 579. The number of furan rings is 1. The molecule has 1 fully saturated rings. The van der Waals surface area contributed by atoms with Crippen LogP contribution in [0.2, 0.25) is 0 Å². The molecule has 1 aliphatic carbocycles. The number of Topliss-reactive ketones (excluding diaryl/α,β-unsaturated/α-hetero) is 1. The van der Waals surface area contributed by atoms with E-state index in [1.54, 1.807) is 19.2 Å². The van der Waals surface area contributed by atoms with E-state index in [-0.39, 0.29) is 11.2 Å². The van der Waals surface area contributed by atoms with Crippen LogP contribution in [-0.2, 0) is 16.8 Å². The van der Waals surface area contributed by atoms with Crippen molar-refractivity contribution in [3.63, 3.8) is 0 Å². The smallest absolute Gasteiger partial charge is 0.208 e. The third-order valence-electron chi connectivity index (χ3n) is 3.68. The lowest BCUT2D eigenvalue weighted by Gasteiger charge is -2.12. The van der Waals surface area contributed by atoms with Gasteiger partial charge in [0.2, 0.25) is 5.78 Å². The number of carbonyl (C=O) groups is 1. The van der Waals surface area contributed by atoms with Crippen LogP contribution in [0.4, 0.5) is 0 Å². The van der Waals surface area contributed by atoms with Gasteiger partial charge in [-0.15, -0.1) is 0 Å². The van der Waals surface area contributed by atoms with Gasteiger partial charge in [-0.3, -0.25) is 4.79 Å². The summed E-state index contributed by atoms with van der Waals surface area (Å²) in [4.78, 5) is 12.6. The topological polar surface area (TPSA) is 39.4 Å². The SMILES string of the molecule is COCc1ccc(C(=O)C2(c3ccccc3)CC2)o1. The molecule has 0 bridgehead atoms. The average Bonchev–Trinajstić information content (AvgIpc) is 3.14. The molecule has 1 aromatic heterocycles. The number of rotatable bonds is 5. The van der Waals surface area contributed by atoms with Crippen LogP contribution in [0.3, 0.4) is 0 Å². The summed E-state index contributed by atoms with van der Waals surface area (Å²) in [6.07, 6.45) is 1.80. The zero-order valence-electron chi connectivity index (χ0n) is 10.9. The lowest BCUT2D eigenvalue weighted by Crippen LogP contribution is -2.20. The summed E-state index contributed by atoms with van der Waals surface area (Å²) in [6.45, 7) is 0.394. The quantitative estimate of drug-likeness (QED) is 0.770. The summed E-state index contributed by atoms with van der Waals surface area (Å²) in [5.41, 5.74) is 0.730. The zero-order chi connectivity index (χ0) is 13.3. The molecule has 0 spiro atoms. The number of hydrogen-bond acceptors (Lipinski definition) is 3. The number of carbonyl (C=O) groups excluding carboxylic acids is 1. The standard InChI is InChI=1S/C16H16O3/c1-18-11-13-7-8-14(19-13)15(17)16(9-10-16)12-5-3-2-4-6-12/h2-8H,9-11H2,1H3. The van der Waals surface area contributed by atoms with Gasteiger partial charge in [0.15, 0.2) is 5.76 Å². The van der Waals surface area contributed by atoms with E-state index in [0.29, 0.717) is 18.1 Å². The first-order valence-electron chi connectivity index (χ1n) is 6.44. The van der Waals surface area contributed by atoms with Gasteiger partial charge in [0.25, 0.3) is 0 Å². The minimum atomic E-state index is -0.358. The van der Waals surface area contributed by atoms with E-state index in [4.69, 9.17) is 9.15 Å². The second-order valence-electron chi connectivity index (χ2n) is 4.98. The first-order valence-corrected chi connectivity index (χ1v) is 6.44. The summed E-state index contributed by atoms with van der Waals surface area (Å²) in [5, 5.41) is 0. The summed E-state index contributed by atoms with van der Waals surface area (Å²) >= 11 is 0. The van der Waals surface area contributed by atoms with Crippen molar-refractivity contribution in [3.05, 3.63) is 59.5 Å². The molecule has 1 aliphatic rings. The van der Waals surface area contributed by atoms with E-state index in [2.05, 4.69) is 0 Å². The van der Waals surface area contributed by atoms with Crippen LogP contribution in [0.15, 0.2) is 46.9 Å². The Kier molecular flexibility index (Phi) is 2.99. The third-order valence-corrected chi connectivity index (χ3v) is 3.68. The lowest BCUT2D eigenvalue weighted by molar-refractivity contribution is 0.0909. The highest BCUT2D eigenvalue weighted by molar-refractivity contribution is 6.04. The van der Waals surface area contributed by atoms with Crippen molar-refractivity contribution >= 4 is 5.78 Å². The molecule has 1 aromatic carbocycles. The molecular formula is C16H16O3. The predicted octanol–water partition coefficient (Wildman–Crippen LogP) is 3.34. The molecule has 3 heteroatoms. The number of ketones is 1. The highest BCUT2D eigenvalue weighted by Crippen LogP contribution is 2.50. The Morgan fingerprint density at radius 2 is 1.95 bits per heavy atom. The van der Waals surface area contributed by atoms with Gasteiger partial charge in [0, 0.05) is 7.11 Å². The van der Waals surface area contributed by atoms with Gasteiger partial charge in [-0.2, -0.15) is 0 Å². The van der Waals surface area contributed by atoms with Gasteiger partial charge < -0.3 is 9.15 Å². The van der Waals surface area contributed by atoms with Crippen molar-refractivity contribution in [2.45, 2.75) is 24.9 Å². The van der Waals surface area contributed by atoms with Crippen LogP contribution >= 0.6 is 0 Å². The van der Waals surface area contributed by atoms with Crippen molar-refractivity contribution < 1.29 is 13.9 Å². The molecule has 98 valence electrons. The van der Waals surface area contributed by atoms with Gasteiger partial charge in [-0.25, -0.2) is 0 Å². The van der Waals surface area contributed by atoms with E-state index >= 15 is 0 Å². The molecule has 3 nitrogen and oxygen atoms in total. The normalized spacial score (nSPS) is 16.3. The maximum absolute atomic E-state index is 12.6. The van der Waals surface area contributed by atoms with Crippen LogP contribution in [0.25, 0.3) is 0 Å². The second kappa shape index (κ2) is 4.67. The highest BCUT2D eigenvalue weighted by atomic mass is 16.5. The fraction of sp³-hybridized carbons (Fsp3) is 0.312. The Morgan fingerprint density at radius 1 is 1.21 bits per heavy atom. The number of benzene rings is 1. The first kappa shape index (κ1) is 12.2. The molecular weight excluding hydrogens is 240 g/mol. The molecule has 0 radical (unpaired) electrons. The minimum absolute atomic E-state index is 0.0843. The van der Waals surface area contributed by atoms with Crippen LogP contribution in [0.1, 0.15) is 34.7 Å². The Hall–Kier alpha value is -1.87. The summed E-state index contributed by atoms with van der Waals surface area (Å²) < 4.78 is 10.6. The monoisotopic (exact) mass is 256 g/mol. The first-order chi connectivity index (χ1) is 9.26. The van der Waals surface area contributed by atoms with E-state index in [1.165, 1.54) is 0 Å². The van der Waals surface area contributed by atoms with Crippen molar-refractivity contribution in [2.24, 2.45) is 0 Å². The van der Waals surface area contributed by atoms with Crippen molar-refractivity contribution in [1.29, 1.82) is 0 Å². The fourth-order valence-corrected chi connectivity index (χ4v) is 2.48. The maximum atomic E-state index is 12.6. The fourth-order valence-electron chi connectivity index (χ4n) is 2.48.